The molecule has 15 heavy (non-hydrogen) atoms. The highest BCUT2D eigenvalue weighted by Crippen LogP contribution is 2.31. The largest absolute Gasteiger partial charge is 0.481 e. The summed E-state index contributed by atoms with van der Waals surface area (Å²) >= 11 is 3.12. The molecule has 0 radical (unpaired) electrons. The third-order valence-electron chi connectivity index (χ3n) is 1.83. The Balaban J connectivity index is 2.23. The lowest BCUT2D eigenvalue weighted by atomic mass is 10.4. The molecule has 78 valence electrons. The topological polar surface area (TPSA) is 50.2 Å². The maximum atomic E-state index is 10.5. The number of carboxylic acid groups (broad SMARTS) is 1. The Morgan fingerprint density at radius 1 is 1.47 bits per heavy atom. The quantitative estimate of drug-likeness (QED) is 0.896. The van der Waals surface area contributed by atoms with Crippen molar-refractivity contribution in [1.82, 2.24) is 4.98 Å². The molecule has 1 N–H and O–H groups in total. The van der Waals surface area contributed by atoms with Crippen LogP contribution in [0.15, 0.2) is 18.3 Å². The number of hydrogen-bond donors (Lipinski definition) is 1. The zero-order chi connectivity index (χ0) is 10.8. The summed E-state index contributed by atoms with van der Waals surface area (Å²) in [6.07, 6.45) is 1.70. The van der Waals surface area contributed by atoms with E-state index < -0.39 is 5.97 Å². The van der Waals surface area contributed by atoms with Crippen LogP contribution < -0.4 is 0 Å². The summed E-state index contributed by atoms with van der Waals surface area (Å²) in [6, 6.07) is 4.06. The van der Waals surface area contributed by atoms with E-state index in [1.54, 1.807) is 17.5 Å². The second kappa shape index (κ2) is 4.12. The molecule has 2 aromatic rings. The van der Waals surface area contributed by atoms with E-state index in [9.17, 15) is 4.79 Å². The van der Waals surface area contributed by atoms with Gasteiger partial charge >= 0.3 is 5.97 Å². The van der Waals surface area contributed by atoms with E-state index in [-0.39, 0.29) is 6.42 Å². The Morgan fingerprint density at radius 2 is 2.27 bits per heavy atom. The van der Waals surface area contributed by atoms with Crippen molar-refractivity contribution in [1.29, 1.82) is 0 Å². The molecule has 0 spiro atoms. The van der Waals surface area contributed by atoms with Gasteiger partial charge in [0.2, 0.25) is 0 Å². The van der Waals surface area contributed by atoms with Crippen LogP contribution in [0.3, 0.4) is 0 Å². The van der Waals surface area contributed by atoms with Crippen LogP contribution >= 0.6 is 22.7 Å². The molecule has 3 nitrogen and oxygen atoms in total. The number of rotatable bonds is 3. The van der Waals surface area contributed by atoms with Gasteiger partial charge in [-0.1, -0.05) is 0 Å². The van der Waals surface area contributed by atoms with Gasteiger partial charge in [0.05, 0.1) is 11.3 Å². The minimum absolute atomic E-state index is 0.0576. The zero-order valence-corrected chi connectivity index (χ0v) is 9.69. The monoisotopic (exact) mass is 239 g/mol. The molecule has 0 fully saturated rings. The van der Waals surface area contributed by atoms with E-state index in [0.717, 1.165) is 14.8 Å². The van der Waals surface area contributed by atoms with Crippen molar-refractivity contribution >= 4 is 28.6 Å². The van der Waals surface area contributed by atoms with E-state index in [0.29, 0.717) is 0 Å². The Kier molecular flexibility index (Phi) is 2.83. The van der Waals surface area contributed by atoms with Gasteiger partial charge in [0.15, 0.2) is 0 Å². The molecule has 0 aromatic carbocycles. The van der Waals surface area contributed by atoms with Gasteiger partial charge in [0.1, 0.15) is 5.01 Å². The average Bonchev–Trinajstić information content (AvgIpc) is 2.72. The highest BCUT2D eigenvalue weighted by molar-refractivity contribution is 7.21. The molecule has 0 saturated carbocycles. The first-order chi connectivity index (χ1) is 7.15. The molecule has 2 rings (SSSR count). The first-order valence-electron chi connectivity index (χ1n) is 4.38. The van der Waals surface area contributed by atoms with E-state index in [2.05, 4.69) is 4.98 Å². The maximum Gasteiger partial charge on any atom is 0.308 e. The number of aryl methyl sites for hydroxylation is 1. The third kappa shape index (κ3) is 2.43. The van der Waals surface area contributed by atoms with Crippen LogP contribution in [0.2, 0.25) is 0 Å². The molecular formula is C10H9NO2S2. The van der Waals surface area contributed by atoms with Crippen LogP contribution in [0.1, 0.15) is 9.75 Å². The van der Waals surface area contributed by atoms with Crippen LogP contribution in [0.5, 0.6) is 0 Å². The molecule has 0 aliphatic heterocycles. The van der Waals surface area contributed by atoms with Crippen LogP contribution in [-0.2, 0) is 11.2 Å². The van der Waals surface area contributed by atoms with Crippen molar-refractivity contribution in [3.05, 3.63) is 28.1 Å². The number of hydrogen-bond acceptors (Lipinski definition) is 4. The fourth-order valence-electron chi connectivity index (χ4n) is 1.20. The van der Waals surface area contributed by atoms with E-state index in [1.165, 1.54) is 16.2 Å². The van der Waals surface area contributed by atoms with Gasteiger partial charge in [-0.25, -0.2) is 4.98 Å². The molecular weight excluding hydrogens is 230 g/mol. The molecule has 0 aliphatic rings. The van der Waals surface area contributed by atoms with Gasteiger partial charge < -0.3 is 5.11 Å². The SMILES string of the molecule is Cc1ccc(-c2ncc(CC(=O)O)s2)s1. The van der Waals surface area contributed by atoms with Crippen molar-refractivity contribution in [2.24, 2.45) is 0 Å². The molecule has 2 aromatic heterocycles. The molecule has 5 heteroatoms. The predicted octanol–water partition coefficient (Wildman–Crippen LogP) is 2.81. The van der Waals surface area contributed by atoms with E-state index >= 15 is 0 Å². The van der Waals surface area contributed by atoms with Crippen LogP contribution in [0.25, 0.3) is 9.88 Å². The van der Waals surface area contributed by atoms with E-state index in [4.69, 9.17) is 5.11 Å². The van der Waals surface area contributed by atoms with Crippen molar-refractivity contribution < 1.29 is 9.90 Å². The number of thiophene rings is 1. The second-order valence-electron chi connectivity index (χ2n) is 3.11. The van der Waals surface area contributed by atoms with Gasteiger partial charge in [0.25, 0.3) is 0 Å². The summed E-state index contributed by atoms with van der Waals surface area (Å²) in [5.41, 5.74) is 0. The number of thiazole rings is 1. The summed E-state index contributed by atoms with van der Waals surface area (Å²) in [4.78, 5) is 17.9. The summed E-state index contributed by atoms with van der Waals surface area (Å²) in [6.45, 7) is 2.04. The minimum atomic E-state index is -0.812. The predicted molar refractivity (Wildman–Crippen MR) is 61.5 cm³/mol. The molecule has 0 saturated heterocycles. The number of aromatic nitrogens is 1. The average molecular weight is 239 g/mol. The molecule has 0 unspecified atom stereocenters. The Hall–Kier alpha value is -1.20. The number of carboxylic acids is 1. The second-order valence-corrected chi connectivity index (χ2v) is 5.52. The summed E-state index contributed by atoms with van der Waals surface area (Å²) in [5, 5.41) is 9.54. The lowest BCUT2D eigenvalue weighted by Gasteiger charge is -1.87. The van der Waals surface area contributed by atoms with Gasteiger partial charge in [-0.15, -0.1) is 22.7 Å². The summed E-state index contributed by atoms with van der Waals surface area (Å²) < 4.78 is 0. The number of aliphatic carboxylic acids is 1. The standard InChI is InChI=1S/C10H9NO2S2/c1-6-2-3-8(14-6)10-11-5-7(15-10)4-9(12)13/h2-3,5H,4H2,1H3,(H,12,13). The van der Waals surface area contributed by atoms with Crippen LogP contribution in [0, 0.1) is 6.92 Å². The number of nitrogens with zero attached hydrogens (tertiary/aromatic N) is 1. The fourth-order valence-corrected chi connectivity index (χ4v) is 3.03. The first-order valence-corrected chi connectivity index (χ1v) is 6.02. The van der Waals surface area contributed by atoms with Crippen molar-refractivity contribution in [3.63, 3.8) is 0 Å². The lowest BCUT2D eigenvalue weighted by molar-refractivity contribution is -0.136. The summed E-state index contributed by atoms with van der Waals surface area (Å²) in [7, 11) is 0. The Bertz CT molecular complexity index is 487. The molecule has 2 heterocycles. The first kappa shape index (κ1) is 10.3. The van der Waals surface area contributed by atoms with Crippen LogP contribution in [-0.4, -0.2) is 16.1 Å². The number of carbonyl (C=O) groups is 1. The smallest absolute Gasteiger partial charge is 0.308 e. The highest BCUT2D eigenvalue weighted by Gasteiger charge is 2.08. The summed E-state index contributed by atoms with van der Waals surface area (Å²) in [5.74, 6) is -0.812. The minimum Gasteiger partial charge on any atom is -0.481 e. The van der Waals surface area contributed by atoms with Gasteiger partial charge in [0, 0.05) is 16.0 Å². The molecule has 0 bridgehead atoms. The van der Waals surface area contributed by atoms with Gasteiger partial charge in [-0.3, -0.25) is 4.79 Å². The lowest BCUT2D eigenvalue weighted by Crippen LogP contribution is -1.97. The maximum absolute atomic E-state index is 10.5. The molecule has 0 amide bonds. The van der Waals surface area contributed by atoms with E-state index in [1.807, 2.05) is 19.1 Å². The van der Waals surface area contributed by atoms with Crippen molar-refractivity contribution in [3.8, 4) is 9.88 Å². The third-order valence-corrected chi connectivity index (χ3v) is 4.00. The molecule has 0 aliphatic carbocycles. The Morgan fingerprint density at radius 3 is 2.87 bits per heavy atom. The highest BCUT2D eigenvalue weighted by atomic mass is 32.1. The normalized spacial score (nSPS) is 10.5. The zero-order valence-electron chi connectivity index (χ0n) is 8.06. The molecule has 0 atom stereocenters. The fraction of sp³-hybridized carbons (Fsp3) is 0.200. The van der Waals surface area contributed by atoms with Crippen molar-refractivity contribution in [2.45, 2.75) is 13.3 Å². The van der Waals surface area contributed by atoms with Crippen molar-refractivity contribution in [2.75, 3.05) is 0 Å². The van der Waals surface area contributed by atoms with Gasteiger partial charge in [-0.05, 0) is 19.1 Å². The van der Waals surface area contributed by atoms with Crippen LogP contribution in [0.4, 0.5) is 0 Å². The van der Waals surface area contributed by atoms with Gasteiger partial charge in [-0.2, -0.15) is 0 Å². The Labute approximate surface area is 95.0 Å².